The molecule has 1 heterocycles. The largest absolute Gasteiger partial charge is 0.472 e. The molecular formula is C27H31IrN2O6-. The molecule has 3 aromatic rings. The number of hydrogen-bond donors (Lipinski definition) is 2. The summed E-state index contributed by atoms with van der Waals surface area (Å²) < 4.78 is 9.46. The topological polar surface area (TPSA) is 119 Å². The second-order valence-electron chi connectivity index (χ2n) is 8.08. The zero-order chi connectivity index (χ0) is 26.1. The Bertz CT molecular complexity index is 1060. The normalized spacial score (nSPS) is 11.8. The minimum absolute atomic E-state index is 0. The maximum atomic E-state index is 11.7. The third-order valence-electron chi connectivity index (χ3n) is 5.06. The van der Waals surface area contributed by atoms with Crippen molar-refractivity contribution in [3.8, 4) is 22.5 Å². The monoisotopic (exact) mass is 672 g/mol. The zero-order valence-electron chi connectivity index (χ0n) is 21.2. The number of benzene rings is 2. The van der Waals surface area contributed by atoms with Gasteiger partial charge in [0.25, 0.3) is 5.97 Å². The van der Waals surface area contributed by atoms with Crippen molar-refractivity contribution >= 4 is 11.9 Å². The van der Waals surface area contributed by atoms with Gasteiger partial charge in [-0.3, -0.25) is 14.8 Å². The first-order valence-electron chi connectivity index (χ1n) is 11.1. The predicted octanol–water partition coefficient (Wildman–Crippen LogP) is 3.94. The van der Waals surface area contributed by atoms with E-state index in [1.54, 1.807) is 56.3 Å². The van der Waals surface area contributed by atoms with Crippen LogP contribution in [0.2, 0.25) is 0 Å². The van der Waals surface area contributed by atoms with Gasteiger partial charge in [0.2, 0.25) is 0 Å². The van der Waals surface area contributed by atoms with Crippen LogP contribution in [0.5, 0.6) is 0 Å². The molecule has 0 amide bonds. The van der Waals surface area contributed by atoms with E-state index in [9.17, 15) is 9.59 Å². The van der Waals surface area contributed by atoms with Crippen LogP contribution >= 0.6 is 0 Å². The van der Waals surface area contributed by atoms with E-state index in [0.29, 0.717) is 34.5 Å². The van der Waals surface area contributed by atoms with Crippen LogP contribution in [0.1, 0.15) is 52.4 Å². The van der Waals surface area contributed by atoms with Crippen molar-refractivity contribution < 1.29 is 49.4 Å². The van der Waals surface area contributed by atoms with Gasteiger partial charge in [0.15, 0.2) is 0 Å². The molecule has 2 N–H and O–H groups in total. The van der Waals surface area contributed by atoms with E-state index in [1.165, 1.54) is 14.2 Å². The molecule has 0 bridgehead atoms. The van der Waals surface area contributed by atoms with Crippen molar-refractivity contribution in [2.45, 2.75) is 46.3 Å². The summed E-state index contributed by atoms with van der Waals surface area (Å²) in [6.07, 6.45) is -0.278. The smallest absolute Gasteiger partial charge is 0.337 e. The van der Waals surface area contributed by atoms with Crippen LogP contribution in [0.25, 0.3) is 22.5 Å². The number of aliphatic hydroxyl groups excluding tert-OH is 2. The van der Waals surface area contributed by atoms with Gasteiger partial charge in [0.05, 0.1) is 43.4 Å². The second-order valence-corrected chi connectivity index (χ2v) is 8.08. The van der Waals surface area contributed by atoms with Gasteiger partial charge in [0.1, 0.15) is 0 Å². The standard InChI is InChI=1S/C22H19N2O4.C5H12O2.Ir/c1-13-14(2)24-20(16-7-11-18(12-8-16)22(26)28-4)19(23-13)15-5-9-17(10-6-15)21(25)27-3;1-4(6)3-5(2)7;/h5-7,9-12H,1-4H3;4-7H,3H2,1-2H3;/q-1;;. The number of carbonyl (C=O) groups is 2. The summed E-state index contributed by atoms with van der Waals surface area (Å²) in [7, 11) is 2.68. The Morgan fingerprint density at radius 2 is 1.31 bits per heavy atom. The van der Waals surface area contributed by atoms with Gasteiger partial charge in [-0.1, -0.05) is 12.1 Å². The molecule has 8 nitrogen and oxygen atoms in total. The molecule has 2 unspecified atom stereocenters. The predicted molar refractivity (Wildman–Crippen MR) is 132 cm³/mol. The van der Waals surface area contributed by atoms with E-state index >= 15 is 0 Å². The number of aryl methyl sites for hydroxylation is 2. The van der Waals surface area contributed by atoms with E-state index in [4.69, 9.17) is 24.7 Å². The summed E-state index contributed by atoms with van der Waals surface area (Å²) in [5, 5.41) is 17.1. The van der Waals surface area contributed by atoms with E-state index in [0.717, 1.165) is 17.0 Å². The number of ether oxygens (including phenoxy) is 2. The molecule has 1 radical (unpaired) electrons. The third-order valence-corrected chi connectivity index (χ3v) is 5.06. The van der Waals surface area contributed by atoms with Gasteiger partial charge in [-0.25, -0.2) is 4.79 Å². The van der Waals surface area contributed by atoms with Crippen LogP contribution in [-0.4, -0.2) is 58.5 Å². The quantitative estimate of drug-likeness (QED) is 0.299. The fraction of sp³-hybridized carbons (Fsp3) is 0.333. The molecule has 0 saturated heterocycles. The molecule has 3 rings (SSSR count). The van der Waals surface area contributed by atoms with E-state index in [-0.39, 0.29) is 32.3 Å². The summed E-state index contributed by atoms with van der Waals surface area (Å²) in [4.78, 5) is 32.7. The first-order valence-corrected chi connectivity index (χ1v) is 11.1. The summed E-state index contributed by atoms with van der Waals surface area (Å²) in [6.45, 7) is 7.10. The Morgan fingerprint density at radius 1 is 0.833 bits per heavy atom. The maximum Gasteiger partial charge on any atom is 0.337 e. The van der Waals surface area contributed by atoms with Crippen molar-refractivity contribution in [2.24, 2.45) is 0 Å². The molecule has 0 aliphatic rings. The maximum absolute atomic E-state index is 11.7. The summed E-state index contributed by atoms with van der Waals surface area (Å²) in [5.41, 5.74) is 5.30. The molecule has 0 spiro atoms. The first-order chi connectivity index (χ1) is 16.6. The molecule has 2 atom stereocenters. The minimum atomic E-state index is -0.424. The summed E-state index contributed by atoms with van der Waals surface area (Å²) in [5.74, 6) is -0.822. The number of methoxy groups -OCH3 is 2. The molecule has 36 heavy (non-hydrogen) atoms. The Kier molecular flexibility index (Phi) is 12.6. The summed E-state index contributed by atoms with van der Waals surface area (Å²) >= 11 is 0. The molecule has 2 aromatic carbocycles. The van der Waals surface area contributed by atoms with Gasteiger partial charge in [0, 0.05) is 31.5 Å². The molecule has 0 saturated carbocycles. The van der Waals surface area contributed by atoms with Crippen LogP contribution in [-0.2, 0) is 29.6 Å². The Labute approximate surface area is 225 Å². The van der Waals surface area contributed by atoms with Gasteiger partial charge >= 0.3 is 5.97 Å². The Balaban J connectivity index is 0.000000712. The number of esters is 2. The van der Waals surface area contributed by atoms with Crippen molar-refractivity contribution in [3.63, 3.8) is 0 Å². The van der Waals surface area contributed by atoms with Gasteiger partial charge < -0.3 is 19.7 Å². The molecule has 0 aliphatic heterocycles. The number of hydrogen-bond acceptors (Lipinski definition) is 8. The second kappa shape index (κ2) is 14.6. The number of rotatable bonds is 6. The fourth-order valence-corrected chi connectivity index (χ4v) is 3.18. The molecule has 195 valence electrons. The molecule has 9 heteroatoms. The van der Waals surface area contributed by atoms with Crippen molar-refractivity contribution in [1.82, 2.24) is 9.97 Å². The minimum Gasteiger partial charge on any atom is -0.472 e. The number of carbonyl (C=O) groups excluding carboxylic acids is 2. The van der Waals surface area contributed by atoms with Crippen LogP contribution in [0.4, 0.5) is 0 Å². The average Bonchev–Trinajstić information content (AvgIpc) is 2.84. The van der Waals surface area contributed by atoms with E-state index < -0.39 is 11.9 Å². The number of nitrogens with zero attached hydrogens (tertiary/aromatic N) is 2. The van der Waals surface area contributed by atoms with Crippen molar-refractivity contribution in [1.29, 1.82) is 0 Å². The molecule has 1 aromatic heterocycles. The first kappa shape index (κ1) is 31.1. The number of aromatic nitrogens is 2. The van der Waals surface area contributed by atoms with Crippen LogP contribution in [0.15, 0.2) is 42.5 Å². The molecule has 0 aliphatic carbocycles. The average molecular weight is 672 g/mol. The summed E-state index contributed by atoms with van der Waals surface area (Å²) in [6, 6.07) is 15.1. The fourth-order valence-electron chi connectivity index (χ4n) is 3.18. The zero-order valence-corrected chi connectivity index (χ0v) is 23.6. The van der Waals surface area contributed by atoms with Crippen molar-refractivity contribution in [3.05, 3.63) is 71.0 Å². The molecular weight excluding hydrogens is 641 g/mol. The van der Waals surface area contributed by atoms with Gasteiger partial charge in [-0.2, -0.15) is 0 Å². The Morgan fingerprint density at radius 3 is 1.72 bits per heavy atom. The van der Waals surface area contributed by atoms with E-state index in [1.807, 2.05) is 13.8 Å². The van der Waals surface area contributed by atoms with Crippen LogP contribution < -0.4 is 0 Å². The van der Waals surface area contributed by atoms with Gasteiger partial charge in [-0.05, 0) is 57.4 Å². The third kappa shape index (κ3) is 8.60. The van der Waals surface area contributed by atoms with Crippen LogP contribution in [0, 0.1) is 19.9 Å². The number of aliphatic hydroxyl groups is 2. The molecule has 0 fully saturated rings. The van der Waals surface area contributed by atoms with E-state index in [2.05, 4.69) is 11.1 Å². The van der Waals surface area contributed by atoms with Gasteiger partial charge in [-0.15, -0.1) is 29.8 Å². The Hall–Kier alpha value is -2.97. The van der Waals surface area contributed by atoms with Crippen LogP contribution in [0.3, 0.4) is 0 Å². The van der Waals surface area contributed by atoms with Crippen molar-refractivity contribution in [2.75, 3.05) is 14.2 Å². The SMILES string of the molecule is CC(O)CC(C)O.COC(=O)c1c[c-]c(-c2nc(C)c(C)nc2-c2ccc(C(=O)OC)cc2)cc1.[Ir].